The minimum absolute atomic E-state index is 0.146. The van der Waals surface area contributed by atoms with Crippen LogP contribution in [0, 0.1) is 0 Å². The van der Waals surface area contributed by atoms with E-state index in [1.807, 2.05) is 18.2 Å². The van der Waals surface area contributed by atoms with E-state index in [0.29, 0.717) is 16.3 Å². The normalized spacial score (nSPS) is 10.1. The Morgan fingerprint density at radius 3 is 2.67 bits per heavy atom. The van der Waals surface area contributed by atoms with Crippen LogP contribution in [-0.2, 0) is 11.3 Å². The van der Waals surface area contributed by atoms with Crippen LogP contribution in [0.1, 0.15) is 15.9 Å². The number of carbonyl (C=O) groups is 1. The van der Waals surface area contributed by atoms with Crippen LogP contribution in [0.5, 0.6) is 0 Å². The lowest BCUT2D eigenvalue weighted by Gasteiger charge is -2.06. The van der Waals surface area contributed by atoms with E-state index in [1.165, 1.54) is 0 Å². The summed E-state index contributed by atoms with van der Waals surface area (Å²) in [4.78, 5) is 11.8. The number of carbonyl (C=O) groups excluding carboxylic acids is 1. The number of anilines is 1. The van der Waals surface area contributed by atoms with Crippen LogP contribution in [0.2, 0.25) is 5.02 Å². The van der Waals surface area contributed by atoms with Gasteiger partial charge in [0.15, 0.2) is 0 Å². The Balaban J connectivity index is 2.03. The van der Waals surface area contributed by atoms with Crippen LogP contribution in [0.3, 0.4) is 0 Å². The van der Waals surface area contributed by atoms with Gasteiger partial charge in [-0.25, -0.2) is 4.79 Å². The maximum atomic E-state index is 11.8. The second kappa shape index (κ2) is 5.56. The van der Waals surface area contributed by atoms with Crippen LogP contribution in [0.25, 0.3) is 0 Å². The Hall–Kier alpha value is -2.00. The first-order valence-corrected chi connectivity index (χ1v) is 5.80. The molecule has 0 aliphatic carbocycles. The SMILES string of the molecule is Nc1cccc(C(=O)OCc2ccccc2Cl)c1. The first-order valence-electron chi connectivity index (χ1n) is 5.43. The summed E-state index contributed by atoms with van der Waals surface area (Å²) in [6, 6.07) is 13.9. The summed E-state index contributed by atoms with van der Waals surface area (Å²) < 4.78 is 5.17. The average molecular weight is 262 g/mol. The van der Waals surface area contributed by atoms with Crippen LogP contribution < -0.4 is 5.73 Å². The van der Waals surface area contributed by atoms with Gasteiger partial charge in [0.2, 0.25) is 0 Å². The van der Waals surface area contributed by atoms with Crippen molar-refractivity contribution >= 4 is 23.3 Å². The average Bonchev–Trinajstić information content (AvgIpc) is 2.37. The molecule has 0 bridgehead atoms. The fraction of sp³-hybridized carbons (Fsp3) is 0.0714. The van der Waals surface area contributed by atoms with E-state index in [0.717, 1.165) is 5.56 Å². The van der Waals surface area contributed by atoms with Gasteiger partial charge in [0, 0.05) is 16.3 Å². The topological polar surface area (TPSA) is 52.3 Å². The third kappa shape index (κ3) is 3.02. The fourth-order valence-electron chi connectivity index (χ4n) is 1.51. The standard InChI is InChI=1S/C14H12ClNO2/c15-13-7-2-1-4-11(13)9-18-14(17)10-5-3-6-12(16)8-10/h1-8H,9,16H2. The molecule has 0 spiro atoms. The van der Waals surface area contributed by atoms with E-state index in [-0.39, 0.29) is 6.61 Å². The number of esters is 1. The summed E-state index contributed by atoms with van der Waals surface area (Å²) in [5.74, 6) is -0.415. The van der Waals surface area contributed by atoms with Crippen molar-refractivity contribution in [3.8, 4) is 0 Å². The van der Waals surface area contributed by atoms with Crippen molar-refractivity contribution in [2.75, 3.05) is 5.73 Å². The van der Waals surface area contributed by atoms with Crippen LogP contribution in [-0.4, -0.2) is 5.97 Å². The van der Waals surface area contributed by atoms with Gasteiger partial charge in [0.1, 0.15) is 6.61 Å². The summed E-state index contributed by atoms with van der Waals surface area (Å²) in [7, 11) is 0. The third-order valence-corrected chi connectivity index (χ3v) is 2.81. The quantitative estimate of drug-likeness (QED) is 0.681. The van der Waals surface area contributed by atoms with E-state index in [2.05, 4.69) is 0 Å². The van der Waals surface area contributed by atoms with Crippen molar-refractivity contribution in [1.29, 1.82) is 0 Å². The second-order valence-corrected chi connectivity index (χ2v) is 4.20. The number of benzene rings is 2. The molecule has 0 saturated carbocycles. The Kier molecular flexibility index (Phi) is 3.85. The summed E-state index contributed by atoms with van der Waals surface area (Å²) in [5, 5.41) is 0.581. The molecule has 0 fully saturated rings. The Bertz CT molecular complexity index is 569. The molecule has 2 aromatic rings. The van der Waals surface area contributed by atoms with Gasteiger partial charge in [0.25, 0.3) is 0 Å². The molecule has 0 aromatic heterocycles. The molecule has 0 aliphatic rings. The molecule has 18 heavy (non-hydrogen) atoms. The minimum Gasteiger partial charge on any atom is -0.457 e. The number of hydrogen-bond donors (Lipinski definition) is 1. The molecule has 0 atom stereocenters. The number of nitrogen functional groups attached to an aromatic ring is 1. The Morgan fingerprint density at radius 2 is 1.94 bits per heavy atom. The Labute approximate surface area is 110 Å². The maximum Gasteiger partial charge on any atom is 0.338 e. The molecule has 0 amide bonds. The largest absolute Gasteiger partial charge is 0.457 e. The highest BCUT2D eigenvalue weighted by atomic mass is 35.5. The van der Waals surface area contributed by atoms with Crippen molar-refractivity contribution in [2.45, 2.75) is 6.61 Å². The molecule has 0 saturated heterocycles. The monoisotopic (exact) mass is 261 g/mol. The van der Waals surface area contributed by atoms with E-state index >= 15 is 0 Å². The zero-order valence-electron chi connectivity index (χ0n) is 9.60. The third-order valence-electron chi connectivity index (χ3n) is 2.44. The first-order chi connectivity index (χ1) is 8.66. The number of halogens is 1. The number of ether oxygens (including phenoxy) is 1. The molecule has 2 aromatic carbocycles. The van der Waals surface area contributed by atoms with Crippen molar-refractivity contribution in [1.82, 2.24) is 0 Å². The van der Waals surface area contributed by atoms with Gasteiger partial charge in [-0.15, -0.1) is 0 Å². The Morgan fingerprint density at radius 1 is 1.17 bits per heavy atom. The van der Waals surface area contributed by atoms with Gasteiger partial charge in [0.05, 0.1) is 5.56 Å². The zero-order chi connectivity index (χ0) is 13.0. The molecule has 0 aliphatic heterocycles. The van der Waals surface area contributed by atoms with Gasteiger partial charge in [-0.2, -0.15) is 0 Å². The lowest BCUT2D eigenvalue weighted by molar-refractivity contribution is 0.0473. The van der Waals surface area contributed by atoms with Crippen LogP contribution in [0.15, 0.2) is 48.5 Å². The zero-order valence-corrected chi connectivity index (χ0v) is 10.4. The number of hydrogen-bond acceptors (Lipinski definition) is 3. The summed E-state index contributed by atoms with van der Waals surface area (Å²) >= 11 is 5.97. The molecule has 2 rings (SSSR count). The maximum absolute atomic E-state index is 11.8. The van der Waals surface area contributed by atoms with E-state index in [1.54, 1.807) is 30.3 Å². The van der Waals surface area contributed by atoms with E-state index < -0.39 is 5.97 Å². The summed E-state index contributed by atoms with van der Waals surface area (Å²) in [6.45, 7) is 0.146. The molecular formula is C14H12ClNO2. The summed E-state index contributed by atoms with van der Waals surface area (Å²) in [6.07, 6.45) is 0. The number of rotatable bonds is 3. The highest BCUT2D eigenvalue weighted by Gasteiger charge is 2.08. The van der Waals surface area contributed by atoms with Gasteiger partial charge in [-0.1, -0.05) is 35.9 Å². The van der Waals surface area contributed by atoms with Gasteiger partial charge >= 0.3 is 5.97 Å². The van der Waals surface area contributed by atoms with Crippen molar-refractivity contribution in [3.63, 3.8) is 0 Å². The fourth-order valence-corrected chi connectivity index (χ4v) is 1.70. The number of nitrogens with two attached hydrogens (primary N) is 1. The second-order valence-electron chi connectivity index (χ2n) is 3.79. The molecule has 92 valence electrons. The molecule has 3 nitrogen and oxygen atoms in total. The highest BCUT2D eigenvalue weighted by molar-refractivity contribution is 6.31. The van der Waals surface area contributed by atoms with Gasteiger partial charge in [-0.05, 0) is 24.3 Å². The molecule has 4 heteroatoms. The van der Waals surface area contributed by atoms with Crippen LogP contribution >= 0.6 is 11.6 Å². The van der Waals surface area contributed by atoms with Crippen molar-refractivity contribution in [3.05, 3.63) is 64.7 Å². The smallest absolute Gasteiger partial charge is 0.338 e. The van der Waals surface area contributed by atoms with Crippen LogP contribution in [0.4, 0.5) is 5.69 Å². The first kappa shape index (κ1) is 12.5. The lowest BCUT2D eigenvalue weighted by Crippen LogP contribution is -2.05. The van der Waals surface area contributed by atoms with Crippen molar-refractivity contribution in [2.24, 2.45) is 0 Å². The van der Waals surface area contributed by atoms with Gasteiger partial charge < -0.3 is 10.5 Å². The summed E-state index contributed by atoms with van der Waals surface area (Å²) in [5.41, 5.74) is 7.34. The highest BCUT2D eigenvalue weighted by Crippen LogP contribution is 2.16. The molecule has 2 N–H and O–H groups in total. The van der Waals surface area contributed by atoms with Crippen molar-refractivity contribution < 1.29 is 9.53 Å². The van der Waals surface area contributed by atoms with E-state index in [9.17, 15) is 4.79 Å². The molecule has 0 heterocycles. The molecular weight excluding hydrogens is 250 g/mol. The van der Waals surface area contributed by atoms with E-state index in [4.69, 9.17) is 22.1 Å². The van der Waals surface area contributed by atoms with Gasteiger partial charge in [-0.3, -0.25) is 0 Å². The predicted molar refractivity (Wildman–Crippen MR) is 71.4 cm³/mol. The minimum atomic E-state index is -0.415. The molecule has 0 radical (unpaired) electrons. The predicted octanol–water partition coefficient (Wildman–Crippen LogP) is 3.28. The lowest BCUT2D eigenvalue weighted by atomic mass is 10.2. The molecule has 0 unspecified atom stereocenters.